The molecule has 3 heterocycles. The molecule has 1 aromatic rings. The molecule has 0 saturated carbocycles. The second-order valence-electron chi connectivity index (χ2n) is 6.49. The van der Waals surface area contributed by atoms with Gasteiger partial charge in [-0.15, -0.1) is 0 Å². The zero-order valence-electron chi connectivity index (χ0n) is 13.3. The van der Waals surface area contributed by atoms with Gasteiger partial charge in [-0.25, -0.2) is 0 Å². The minimum absolute atomic E-state index is 0.101. The summed E-state index contributed by atoms with van der Waals surface area (Å²) in [7, 11) is 0. The van der Waals surface area contributed by atoms with Crippen LogP contribution in [0.1, 0.15) is 44.6 Å². The van der Waals surface area contributed by atoms with Gasteiger partial charge < -0.3 is 9.64 Å². The van der Waals surface area contributed by atoms with Crippen LogP contribution in [0.5, 0.6) is 0 Å². The zero-order chi connectivity index (χ0) is 15.4. The Balaban J connectivity index is 1.44. The molecule has 1 spiro atoms. The van der Waals surface area contributed by atoms with E-state index in [0.717, 1.165) is 51.8 Å². The van der Waals surface area contributed by atoms with Gasteiger partial charge in [-0.1, -0.05) is 11.6 Å². The highest BCUT2D eigenvalue weighted by atomic mass is 16.5. The number of aromatic nitrogens is 2. The van der Waals surface area contributed by atoms with Crippen LogP contribution in [0.4, 0.5) is 0 Å². The van der Waals surface area contributed by atoms with Crippen LogP contribution in [0.3, 0.4) is 0 Å². The predicted octanol–water partition coefficient (Wildman–Crippen LogP) is 2.46. The number of hydrogen-bond donors (Lipinski definition) is 1. The summed E-state index contributed by atoms with van der Waals surface area (Å²) < 4.78 is 6.01. The van der Waals surface area contributed by atoms with Crippen molar-refractivity contribution in [2.45, 2.75) is 51.0 Å². The molecule has 0 aromatic carbocycles. The topological polar surface area (TPSA) is 58.2 Å². The molecule has 5 nitrogen and oxygen atoms in total. The Morgan fingerprint density at radius 1 is 1.45 bits per heavy atom. The molecular weight excluding hydrogens is 278 g/mol. The van der Waals surface area contributed by atoms with Crippen LogP contribution in [0, 0.1) is 0 Å². The Hall–Kier alpha value is -1.62. The van der Waals surface area contributed by atoms with Crippen molar-refractivity contribution in [3.8, 4) is 0 Å². The molecule has 1 fully saturated rings. The number of H-pyrrole nitrogens is 1. The number of nitrogens with zero attached hydrogens (tertiary/aromatic N) is 2. The summed E-state index contributed by atoms with van der Waals surface area (Å²) in [5, 5.41) is 6.73. The molecule has 0 unspecified atom stereocenters. The minimum Gasteiger partial charge on any atom is -0.370 e. The Bertz CT molecular complexity index is 528. The van der Waals surface area contributed by atoms with Crippen LogP contribution in [0.2, 0.25) is 0 Å². The molecule has 1 N–H and O–H groups in total. The molecule has 120 valence electrons. The van der Waals surface area contributed by atoms with Gasteiger partial charge in [0, 0.05) is 25.7 Å². The van der Waals surface area contributed by atoms with Crippen LogP contribution in [-0.2, 0) is 16.0 Å². The van der Waals surface area contributed by atoms with Crippen LogP contribution in [0.15, 0.2) is 24.0 Å². The van der Waals surface area contributed by atoms with Crippen LogP contribution in [-0.4, -0.2) is 46.3 Å². The summed E-state index contributed by atoms with van der Waals surface area (Å²) in [6, 6.07) is 0. The lowest BCUT2D eigenvalue weighted by Gasteiger charge is -2.42. The molecule has 3 rings (SSSR count). The lowest BCUT2D eigenvalue weighted by molar-refractivity contribution is -0.136. The quantitative estimate of drug-likeness (QED) is 0.869. The van der Waals surface area contributed by atoms with Gasteiger partial charge in [0.15, 0.2) is 0 Å². The number of carbonyl (C=O) groups is 1. The van der Waals surface area contributed by atoms with Crippen molar-refractivity contribution in [1.29, 1.82) is 0 Å². The van der Waals surface area contributed by atoms with Gasteiger partial charge in [-0.3, -0.25) is 9.89 Å². The molecule has 0 bridgehead atoms. The number of rotatable bonds is 4. The maximum Gasteiger partial charge on any atom is 0.222 e. The largest absolute Gasteiger partial charge is 0.370 e. The summed E-state index contributed by atoms with van der Waals surface area (Å²) in [4.78, 5) is 14.3. The third kappa shape index (κ3) is 3.58. The third-order valence-electron chi connectivity index (χ3n) is 4.77. The molecule has 0 radical (unpaired) electrons. The summed E-state index contributed by atoms with van der Waals surface area (Å²) in [5.41, 5.74) is 2.49. The second-order valence-corrected chi connectivity index (χ2v) is 6.49. The Kier molecular flexibility index (Phi) is 4.62. The number of ether oxygens (including phenoxy) is 1. The standard InChI is InChI=1S/C17H25N3O2/c1-14-5-10-22-17(11-14)6-8-20(9-7-17)16(21)4-2-3-15-12-18-19-13-15/h11-13H,2-10H2,1H3,(H,18,19). The van der Waals surface area contributed by atoms with E-state index in [9.17, 15) is 4.79 Å². The van der Waals surface area contributed by atoms with E-state index in [2.05, 4.69) is 23.2 Å². The van der Waals surface area contributed by atoms with Crippen molar-refractivity contribution in [3.05, 3.63) is 29.6 Å². The molecule has 5 heteroatoms. The molecule has 0 atom stereocenters. The van der Waals surface area contributed by atoms with E-state index in [0.29, 0.717) is 6.42 Å². The van der Waals surface area contributed by atoms with Crippen molar-refractivity contribution in [2.75, 3.05) is 19.7 Å². The number of likely N-dealkylation sites (tertiary alicyclic amines) is 1. The van der Waals surface area contributed by atoms with E-state index >= 15 is 0 Å². The highest BCUT2D eigenvalue weighted by Gasteiger charge is 2.36. The fraction of sp³-hybridized carbons (Fsp3) is 0.647. The lowest BCUT2D eigenvalue weighted by Crippen LogP contribution is -2.48. The van der Waals surface area contributed by atoms with Crippen molar-refractivity contribution >= 4 is 5.91 Å². The van der Waals surface area contributed by atoms with Gasteiger partial charge in [0.25, 0.3) is 0 Å². The fourth-order valence-electron chi connectivity index (χ4n) is 3.42. The summed E-state index contributed by atoms with van der Waals surface area (Å²) in [5.74, 6) is 0.273. The number of amides is 1. The highest BCUT2D eigenvalue weighted by Crippen LogP contribution is 2.33. The Morgan fingerprint density at radius 2 is 2.27 bits per heavy atom. The first-order chi connectivity index (χ1) is 10.7. The SMILES string of the molecule is CC1=CC2(CCN(C(=O)CCCc3cn[nH]c3)CC2)OCC1. The van der Waals surface area contributed by atoms with E-state index in [1.165, 1.54) is 11.1 Å². The number of piperidine rings is 1. The highest BCUT2D eigenvalue weighted by molar-refractivity contribution is 5.76. The van der Waals surface area contributed by atoms with Crippen molar-refractivity contribution in [2.24, 2.45) is 0 Å². The first-order valence-electron chi connectivity index (χ1n) is 8.25. The molecule has 22 heavy (non-hydrogen) atoms. The number of nitrogens with one attached hydrogen (secondary N) is 1. The molecule has 2 aliphatic heterocycles. The predicted molar refractivity (Wildman–Crippen MR) is 84.4 cm³/mol. The van der Waals surface area contributed by atoms with E-state index in [-0.39, 0.29) is 11.5 Å². The second kappa shape index (κ2) is 6.65. The lowest BCUT2D eigenvalue weighted by atomic mass is 9.87. The van der Waals surface area contributed by atoms with E-state index < -0.39 is 0 Å². The van der Waals surface area contributed by atoms with Crippen molar-refractivity contribution in [1.82, 2.24) is 15.1 Å². The van der Waals surface area contributed by atoms with Gasteiger partial charge in [0.2, 0.25) is 5.91 Å². The fourth-order valence-corrected chi connectivity index (χ4v) is 3.42. The van der Waals surface area contributed by atoms with Gasteiger partial charge in [-0.2, -0.15) is 5.10 Å². The van der Waals surface area contributed by atoms with E-state index in [4.69, 9.17) is 4.74 Å². The molecule has 2 aliphatic rings. The first-order valence-corrected chi connectivity index (χ1v) is 8.25. The maximum atomic E-state index is 12.3. The van der Waals surface area contributed by atoms with Crippen LogP contribution >= 0.6 is 0 Å². The molecule has 1 saturated heterocycles. The molecular formula is C17H25N3O2. The average molecular weight is 303 g/mol. The molecule has 1 aromatic heterocycles. The molecule has 0 aliphatic carbocycles. The van der Waals surface area contributed by atoms with Crippen LogP contribution in [0.25, 0.3) is 0 Å². The summed E-state index contributed by atoms with van der Waals surface area (Å²) in [6.07, 6.45) is 11.3. The zero-order valence-corrected chi connectivity index (χ0v) is 13.3. The van der Waals surface area contributed by atoms with E-state index in [1.807, 2.05) is 17.3 Å². The van der Waals surface area contributed by atoms with Gasteiger partial charge in [0.05, 0.1) is 18.4 Å². The average Bonchev–Trinajstić information content (AvgIpc) is 3.01. The normalized spacial score (nSPS) is 21.0. The number of aryl methyl sites for hydroxylation is 1. The van der Waals surface area contributed by atoms with Crippen molar-refractivity contribution in [3.63, 3.8) is 0 Å². The smallest absolute Gasteiger partial charge is 0.222 e. The summed E-state index contributed by atoms with van der Waals surface area (Å²) in [6.45, 7) is 4.63. The maximum absolute atomic E-state index is 12.3. The summed E-state index contributed by atoms with van der Waals surface area (Å²) >= 11 is 0. The number of hydrogen-bond acceptors (Lipinski definition) is 3. The minimum atomic E-state index is -0.101. The Labute approximate surface area is 131 Å². The van der Waals surface area contributed by atoms with E-state index in [1.54, 1.807) is 0 Å². The van der Waals surface area contributed by atoms with Gasteiger partial charge in [0.1, 0.15) is 0 Å². The first kappa shape index (κ1) is 15.3. The monoisotopic (exact) mass is 303 g/mol. The van der Waals surface area contributed by atoms with Gasteiger partial charge in [-0.05, 0) is 44.6 Å². The Morgan fingerprint density at radius 3 is 2.95 bits per heavy atom. The third-order valence-corrected chi connectivity index (χ3v) is 4.77. The van der Waals surface area contributed by atoms with Crippen LogP contribution < -0.4 is 0 Å². The molecule has 1 amide bonds. The van der Waals surface area contributed by atoms with Crippen molar-refractivity contribution < 1.29 is 9.53 Å². The number of aromatic amines is 1. The number of carbonyl (C=O) groups excluding carboxylic acids is 1. The van der Waals surface area contributed by atoms with Gasteiger partial charge >= 0.3 is 0 Å².